The number of carbonyl (C=O) groups excluding carboxylic acids is 1. The molecule has 3 nitrogen and oxygen atoms in total. The number of hydrogen-bond acceptors (Lipinski definition) is 3. The lowest BCUT2D eigenvalue weighted by atomic mass is 10.0. The molecule has 88 valence electrons. The Balaban J connectivity index is 2.66. The molecule has 17 heavy (non-hydrogen) atoms. The monoisotopic (exact) mass is 234 g/mol. The zero-order valence-electron chi connectivity index (χ0n) is 9.49. The summed E-state index contributed by atoms with van der Waals surface area (Å²) in [6, 6.07) is 5.99. The molecule has 0 aliphatic heterocycles. The largest absolute Gasteiger partial charge is 0.494 e. The summed E-state index contributed by atoms with van der Waals surface area (Å²) in [6.45, 7) is 1.42. The van der Waals surface area contributed by atoms with Crippen LogP contribution in [-0.4, -0.2) is 12.9 Å². The number of carbonyl (C=O) groups is 1. The third kappa shape index (κ3) is 2.06. The summed E-state index contributed by atoms with van der Waals surface area (Å²) in [5, 5.41) is 0. The zero-order valence-corrected chi connectivity index (χ0v) is 9.49. The first-order valence-corrected chi connectivity index (χ1v) is 5.06. The fraction of sp³-hybridized carbons (Fsp3) is 0.154. The quantitative estimate of drug-likeness (QED) is 0.765. The normalized spacial score (nSPS) is 10.3. The molecule has 0 spiro atoms. The molecule has 0 bridgehead atoms. The molecule has 0 saturated heterocycles. The van der Waals surface area contributed by atoms with E-state index in [4.69, 9.17) is 9.15 Å². The van der Waals surface area contributed by atoms with Gasteiger partial charge in [-0.1, -0.05) is 0 Å². The van der Waals surface area contributed by atoms with E-state index in [0.29, 0.717) is 16.9 Å². The van der Waals surface area contributed by atoms with Gasteiger partial charge >= 0.3 is 0 Å². The highest BCUT2D eigenvalue weighted by atomic mass is 19.1. The molecule has 0 amide bonds. The number of ketones is 1. The van der Waals surface area contributed by atoms with E-state index in [-0.39, 0.29) is 11.5 Å². The minimum atomic E-state index is -0.524. The predicted molar refractivity (Wildman–Crippen MR) is 60.7 cm³/mol. The van der Waals surface area contributed by atoms with Crippen molar-refractivity contribution in [1.82, 2.24) is 0 Å². The number of furan rings is 1. The third-order valence-electron chi connectivity index (χ3n) is 2.46. The van der Waals surface area contributed by atoms with Crippen molar-refractivity contribution in [3.8, 4) is 17.1 Å². The van der Waals surface area contributed by atoms with Gasteiger partial charge in [-0.05, 0) is 31.2 Å². The highest BCUT2D eigenvalue weighted by molar-refractivity contribution is 6.00. The van der Waals surface area contributed by atoms with Crippen molar-refractivity contribution in [2.75, 3.05) is 7.11 Å². The van der Waals surface area contributed by atoms with Crippen molar-refractivity contribution in [3.05, 3.63) is 41.9 Å². The Morgan fingerprint density at radius 1 is 1.41 bits per heavy atom. The van der Waals surface area contributed by atoms with Gasteiger partial charge in [0.15, 0.2) is 17.3 Å². The van der Waals surface area contributed by atoms with E-state index < -0.39 is 5.82 Å². The lowest BCUT2D eigenvalue weighted by Crippen LogP contribution is -1.99. The Morgan fingerprint density at radius 3 is 2.71 bits per heavy atom. The van der Waals surface area contributed by atoms with Gasteiger partial charge in [-0.15, -0.1) is 0 Å². The first-order valence-electron chi connectivity index (χ1n) is 5.06. The van der Waals surface area contributed by atoms with Crippen LogP contribution in [0, 0.1) is 5.82 Å². The van der Waals surface area contributed by atoms with Crippen LogP contribution in [0.1, 0.15) is 17.3 Å². The van der Waals surface area contributed by atoms with Gasteiger partial charge in [0.25, 0.3) is 0 Å². The summed E-state index contributed by atoms with van der Waals surface area (Å²) >= 11 is 0. The van der Waals surface area contributed by atoms with E-state index in [1.165, 1.54) is 32.4 Å². The molecule has 0 aliphatic rings. The number of hydrogen-bond donors (Lipinski definition) is 0. The lowest BCUT2D eigenvalue weighted by Gasteiger charge is -2.08. The summed E-state index contributed by atoms with van der Waals surface area (Å²) in [5.74, 6) is -0.194. The SMILES string of the molecule is COc1cc(C(C)=O)c(-c2ccco2)cc1F. The molecule has 0 unspecified atom stereocenters. The Labute approximate surface area is 97.8 Å². The minimum Gasteiger partial charge on any atom is -0.494 e. The maximum absolute atomic E-state index is 13.6. The van der Waals surface area contributed by atoms with E-state index in [9.17, 15) is 9.18 Å². The summed E-state index contributed by atoms with van der Waals surface area (Å²) < 4.78 is 23.6. The van der Waals surface area contributed by atoms with E-state index >= 15 is 0 Å². The second kappa shape index (κ2) is 4.41. The van der Waals surface area contributed by atoms with Crippen molar-refractivity contribution in [1.29, 1.82) is 0 Å². The molecular weight excluding hydrogens is 223 g/mol. The number of ether oxygens (including phenoxy) is 1. The maximum atomic E-state index is 13.6. The molecule has 0 saturated carbocycles. The van der Waals surface area contributed by atoms with E-state index in [0.717, 1.165) is 0 Å². The molecule has 1 heterocycles. The molecule has 0 radical (unpaired) electrons. The molecule has 1 aromatic carbocycles. The fourth-order valence-corrected chi connectivity index (χ4v) is 1.64. The zero-order chi connectivity index (χ0) is 12.4. The highest BCUT2D eigenvalue weighted by Crippen LogP contribution is 2.30. The fourth-order valence-electron chi connectivity index (χ4n) is 1.64. The van der Waals surface area contributed by atoms with Crippen LogP contribution in [0.15, 0.2) is 34.9 Å². The van der Waals surface area contributed by atoms with Crippen LogP contribution in [0.4, 0.5) is 4.39 Å². The van der Waals surface area contributed by atoms with Gasteiger partial charge in [0.2, 0.25) is 0 Å². The number of rotatable bonds is 3. The van der Waals surface area contributed by atoms with Crippen LogP contribution in [-0.2, 0) is 0 Å². The minimum absolute atomic E-state index is 0.0468. The van der Waals surface area contributed by atoms with Gasteiger partial charge in [0.1, 0.15) is 5.76 Å². The highest BCUT2D eigenvalue weighted by Gasteiger charge is 2.16. The molecule has 0 atom stereocenters. The number of benzene rings is 1. The van der Waals surface area contributed by atoms with E-state index in [2.05, 4.69) is 0 Å². The lowest BCUT2D eigenvalue weighted by molar-refractivity contribution is 0.101. The number of halogens is 1. The molecule has 1 aromatic heterocycles. The number of Topliss-reactive ketones (excluding diaryl/α,β-unsaturated/α-hetero) is 1. The van der Waals surface area contributed by atoms with Gasteiger partial charge in [-0.2, -0.15) is 0 Å². The Kier molecular flexibility index (Phi) is 2.95. The van der Waals surface area contributed by atoms with Crippen LogP contribution in [0.2, 0.25) is 0 Å². The van der Waals surface area contributed by atoms with Crippen molar-refractivity contribution in [2.45, 2.75) is 6.92 Å². The molecule has 4 heteroatoms. The molecular formula is C13H11FO3. The summed E-state index contributed by atoms with van der Waals surface area (Å²) in [5.41, 5.74) is 0.805. The third-order valence-corrected chi connectivity index (χ3v) is 2.46. The van der Waals surface area contributed by atoms with Crippen LogP contribution in [0.25, 0.3) is 11.3 Å². The average Bonchev–Trinajstić information content (AvgIpc) is 2.81. The summed E-state index contributed by atoms with van der Waals surface area (Å²) in [6.07, 6.45) is 1.47. The maximum Gasteiger partial charge on any atom is 0.165 e. The van der Waals surface area contributed by atoms with Crippen molar-refractivity contribution in [2.24, 2.45) is 0 Å². The van der Waals surface area contributed by atoms with Crippen molar-refractivity contribution in [3.63, 3.8) is 0 Å². The molecule has 2 rings (SSSR count). The van der Waals surface area contributed by atoms with Gasteiger partial charge in [0.05, 0.1) is 13.4 Å². The predicted octanol–water partition coefficient (Wildman–Crippen LogP) is 3.30. The second-order valence-electron chi connectivity index (χ2n) is 3.57. The topological polar surface area (TPSA) is 39.4 Å². The molecule has 0 N–H and O–H groups in total. The van der Waals surface area contributed by atoms with Crippen LogP contribution < -0.4 is 4.74 Å². The Morgan fingerprint density at radius 2 is 2.18 bits per heavy atom. The van der Waals surface area contributed by atoms with Crippen LogP contribution >= 0.6 is 0 Å². The van der Waals surface area contributed by atoms with Crippen LogP contribution in [0.5, 0.6) is 5.75 Å². The summed E-state index contributed by atoms with van der Waals surface area (Å²) in [4.78, 5) is 11.5. The van der Waals surface area contributed by atoms with Gasteiger partial charge < -0.3 is 9.15 Å². The molecule has 2 aromatic rings. The van der Waals surface area contributed by atoms with Gasteiger partial charge in [-0.25, -0.2) is 4.39 Å². The first-order chi connectivity index (χ1) is 8.13. The van der Waals surface area contributed by atoms with Crippen molar-refractivity contribution >= 4 is 5.78 Å². The second-order valence-corrected chi connectivity index (χ2v) is 3.57. The van der Waals surface area contributed by atoms with E-state index in [1.54, 1.807) is 12.1 Å². The summed E-state index contributed by atoms with van der Waals surface area (Å²) in [7, 11) is 1.36. The molecule has 0 fully saturated rings. The number of methoxy groups -OCH3 is 1. The average molecular weight is 234 g/mol. The standard InChI is InChI=1S/C13H11FO3/c1-8(15)9-7-13(16-2)11(14)6-10(9)12-4-3-5-17-12/h3-7H,1-2H3. The van der Waals surface area contributed by atoms with Gasteiger partial charge in [-0.3, -0.25) is 4.79 Å². The Hall–Kier alpha value is -2.10. The molecule has 0 aliphatic carbocycles. The first kappa shape index (κ1) is 11.4. The van der Waals surface area contributed by atoms with Crippen molar-refractivity contribution < 1.29 is 18.3 Å². The van der Waals surface area contributed by atoms with E-state index in [1.807, 2.05) is 0 Å². The smallest absolute Gasteiger partial charge is 0.165 e. The Bertz CT molecular complexity index is 544. The van der Waals surface area contributed by atoms with Crippen LogP contribution in [0.3, 0.4) is 0 Å². The van der Waals surface area contributed by atoms with Gasteiger partial charge in [0, 0.05) is 11.1 Å².